The third kappa shape index (κ3) is 3.95. The van der Waals surface area contributed by atoms with E-state index in [9.17, 15) is 18.8 Å². The largest absolute Gasteiger partial charge is 0.494 e. The molecule has 3 rings (SSSR count). The number of hydrogen-bond donors (Lipinski definition) is 1. The van der Waals surface area contributed by atoms with Crippen molar-refractivity contribution in [2.24, 2.45) is 0 Å². The molecule has 1 heterocycles. The van der Waals surface area contributed by atoms with E-state index in [1.807, 2.05) is 0 Å². The van der Waals surface area contributed by atoms with Crippen molar-refractivity contribution in [1.82, 2.24) is 15.1 Å². The second kappa shape index (κ2) is 8.16. The zero-order valence-electron chi connectivity index (χ0n) is 16.3. The van der Waals surface area contributed by atoms with Gasteiger partial charge in [-0.1, -0.05) is 18.9 Å². The van der Waals surface area contributed by atoms with Crippen LogP contribution < -0.4 is 10.1 Å². The maximum absolute atomic E-state index is 13.8. The molecule has 0 radical (unpaired) electrons. The molecule has 1 spiro atoms. The van der Waals surface area contributed by atoms with Gasteiger partial charge in [-0.15, -0.1) is 0 Å². The predicted molar refractivity (Wildman–Crippen MR) is 100 cm³/mol. The smallest absolute Gasteiger partial charge is 0.325 e. The molecule has 4 amide bonds. The van der Waals surface area contributed by atoms with E-state index < -0.39 is 11.4 Å². The van der Waals surface area contributed by atoms with Gasteiger partial charge >= 0.3 is 6.03 Å². The van der Waals surface area contributed by atoms with Crippen molar-refractivity contribution in [2.75, 3.05) is 20.7 Å². The van der Waals surface area contributed by atoms with Crippen LogP contribution in [0.5, 0.6) is 5.75 Å². The fourth-order valence-corrected chi connectivity index (χ4v) is 3.95. The molecule has 1 aliphatic carbocycles. The minimum Gasteiger partial charge on any atom is -0.494 e. The highest BCUT2D eigenvalue weighted by Gasteiger charge is 2.52. The molecule has 1 N–H and O–H groups in total. The SMILES string of the molecule is COc1ccc(CN(C)C(=O)CCCN2C(=O)NC3(CCCC3)C2=O)cc1F. The van der Waals surface area contributed by atoms with Crippen molar-refractivity contribution in [3.8, 4) is 5.75 Å². The summed E-state index contributed by atoms with van der Waals surface area (Å²) in [4.78, 5) is 39.8. The summed E-state index contributed by atoms with van der Waals surface area (Å²) in [5, 5.41) is 2.83. The first kappa shape index (κ1) is 20.1. The third-order valence-corrected chi connectivity index (χ3v) is 5.54. The lowest BCUT2D eigenvalue weighted by molar-refractivity contribution is -0.133. The molecule has 2 aliphatic rings. The van der Waals surface area contributed by atoms with Crippen molar-refractivity contribution in [1.29, 1.82) is 0 Å². The Bertz CT molecular complexity index is 777. The second-order valence-electron chi connectivity index (χ2n) is 7.50. The molecule has 2 fully saturated rings. The van der Waals surface area contributed by atoms with Crippen LogP contribution in [0.1, 0.15) is 44.1 Å². The highest BCUT2D eigenvalue weighted by molar-refractivity contribution is 6.07. The minimum atomic E-state index is -0.712. The van der Waals surface area contributed by atoms with Gasteiger partial charge in [-0.3, -0.25) is 14.5 Å². The molecule has 7 nitrogen and oxygen atoms in total. The normalized spacial score (nSPS) is 17.9. The molecule has 1 aromatic carbocycles. The zero-order valence-corrected chi connectivity index (χ0v) is 16.3. The van der Waals surface area contributed by atoms with Crippen LogP contribution in [0.4, 0.5) is 9.18 Å². The Labute approximate surface area is 163 Å². The molecule has 8 heteroatoms. The summed E-state index contributed by atoms with van der Waals surface area (Å²) in [5.74, 6) is -0.602. The van der Waals surface area contributed by atoms with E-state index in [-0.39, 0.29) is 43.1 Å². The van der Waals surface area contributed by atoms with Gasteiger partial charge in [0, 0.05) is 26.6 Å². The summed E-state index contributed by atoms with van der Waals surface area (Å²) in [6.07, 6.45) is 3.86. The quantitative estimate of drug-likeness (QED) is 0.724. The number of urea groups is 1. The number of nitrogens with one attached hydrogen (secondary N) is 1. The van der Waals surface area contributed by atoms with Crippen LogP contribution in [0.2, 0.25) is 0 Å². The zero-order chi connectivity index (χ0) is 20.3. The number of carbonyl (C=O) groups is 3. The number of amides is 4. The summed E-state index contributed by atoms with van der Waals surface area (Å²) < 4.78 is 18.7. The van der Waals surface area contributed by atoms with Gasteiger partial charge in [-0.2, -0.15) is 0 Å². The first-order valence-corrected chi connectivity index (χ1v) is 9.57. The number of ether oxygens (including phenoxy) is 1. The lowest BCUT2D eigenvalue weighted by atomic mass is 9.98. The molecule has 1 aromatic rings. The van der Waals surface area contributed by atoms with Crippen LogP contribution in [-0.4, -0.2) is 53.9 Å². The number of halogens is 1. The number of benzene rings is 1. The summed E-state index contributed by atoms with van der Waals surface area (Å²) in [6.45, 7) is 0.495. The van der Waals surface area contributed by atoms with Crippen molar-refractivity contribution in [2.45, 2.75) is 50.6 Å². The van der Waals surface area contributed by atoms with Gasteiger partial charge in [-0.05, 0) is 37.0 Å². The Hall–Kier alpha value is -2.64. The average molecular weight is 391 g/mol. The Morgan fingerprint density at radius 3 is 2.68 bits per heavy atom. The highest BCUT2D eigenvalue weighted by Crippen LogP contribution is 2.35. The van der Waals surface area contributed by atoms with Crippen LogP contribution in [0.15, 0.2) is 18.2 Å². The average Bonchev–Trinajstić information content (AvgIpc) is 3.22. The van der Waals surface area contributed by atoms with Crippen LogP contribution in [-0.2, 0) is 16.1 Å². The fourth-order valence-electron chi connectivity index (χ4n) is 3.95. The molecule has 0 unspecified atom stereocenters. The van der Waals surface area contributed by atoms with Crippen molar-refractivity contribution in [3.63, 3.8) is 0 Å². The van der Waals surface area contributed by atoms with E-state index in [0.29, 0.717) is 24.8 Å². The first-order valence-electron chi connectivity index (χ1n) is 9.57. The van der Waals surface area contributed by atoms with Gasteiger partial charge in [0.05, 0.1) is 7.11 Å². The lowest BCUT2D eigenvalue weighted by Gasteiger charge is -2.20. The lowest BCUT2D eigenvalue weighted by Crippen LogP contribution is -2.44. The number of methoxy groups -OCH3 is 1. The van der Waals surface area contributed by atoms with Crippen LogP contribution in [0.25, 0.3) is 0 Å². The topological polar surface area (TPSA) is 79.0 Å². The molecule has 0 bridgehead atoms. The number of imide groups is 1. The van der Waals surface area contributed by atoms with Crippen molar-refractivity contribution >= 4 is 17.8 Å². The van der Waals surface area contributed by atoms with Crippen LogP contribution in [0.3, 0.4) is 0 Å². The number of nitrogens with zero attached hydrogens (tertiary/aromatic N) is 2. The van der Waals surface area contributed by atoms with Gasteiger partial charge in [0.25, 0.3) is 5.91 Å². The maximum atomic E-state index is 13.8. The maximum Gasteiger partial charge on any atom is 0.325 e. The molecule has 1 aliphatic heterocycles. The molecule has 1 saturated heterocycles. The van der Waals surface area contributed by atoms with Gasteiger partial charge in [0.2, 0.25) is 5.91 Å². The molecule has 28 heavy (non-hydrogen) atoms. The fraction of sp³-hybridized carbons (Fsp3) is 0.550. The molecular formula is C20H26FN3O4. The van der Waals surface area contributed by atoms with E-state index in [2.05, 4.69) is 5.32 Å². The number of carbonyl (C=O) groups excluding carboxylic acids is 3. The number of hydrogen-bond acceptors (Lipinski definition) is 4. The van der Waals surface area contributed by atoms with E-state index in [0.717, 1.165) is 12.8 Å². The molecule has 0 aromatic heterocycles. The second-order valence-corrected chi connectivity index (χ2v) is 7.50. The van der Waals surface area contributed by atoms with E-state index >= 15 is 0 Å². The van der Waals surface area contributed by atoms with Crippen molar-refractivity contribution < 1.29 is 23.5 Å². The molecule has 0 atom stereocenters. The monoisotopic (exact) mass is 391 g/mol. The third-order valence-electron chi connectivity index (χ3n) is 5.54. The van der Waals surface area contributed by atoms with Gasteiger partial charge in [0.15, 0.2) is 11.6 Å². The molecule has 1 saturated carbocycles. The van der Waals surface area contributed by atoms with E-state index in [1.165, 1.54) is 29.0 Å². The standard InChI is InChI=1S/C20H26FN3O4/c1-23(13-14-7-8-16(28-2)15(21)12-14)17(25)6-5-11-24-18(26)20(22-19(24)27)9-3-4-10-20/h7-8,12H,3-6,9-11,13H2,1-2H3,(H,22,27). The van der Waals surface area contributed by atoms with Gasteiger partial charge in [0.1, 0.15) is 5.54 Å². The Morgan fingerprint density at radius 1 is 1.32 bits per heavy atom. The Kier molecular flexibility index (Phi) is 5.86. The minimum absolute atomic E-state index is 0.126. The predicted octanol–water partition coefficient (Wildman–Crippen LogP) is 2.44. The molecular weight excluding hydrogens is 365 g/mol. The summed E-state index contributed by atoms with van der Waals surface area (Å²) in [7, 11) is 3.04. The first-order chi connectivity index (χ1) is 13.4. The van der Waals surface area contributed by atoms with Crippen molar-refractivity contribution in [3.05, 3.63) is 29.6 Å². The molecule has 152 valence electrons. The Balaban J connectivity index is 1.48. The summed E-state index contributed by atoms with van der Waals surface area (Å²) >= 11 is 0. The van der Waals surface area contributed by atoms with Gasteiger partial charge < -0.3 is 15.0 Å². The van der Waals surface area contributed by atoms with Crippen LogP contribution >= 0.6 is 0 Å². The highest BCUT2D eigenvalue weighted by atomic mass is 19.1. The van der Waals surface area contributed by atoms with E-state index in [1.54, 1.807) is 13.1 Å². The van der Waals surface area contributed by atoms with Gasteiger partial charge in [-0.25, -0.2) is 9.18 Å². The summed E-state index contributed by atoms with van der Waals surface area (Å²) in [5.41, 5.74) is -0.0533. The Morgan fingerprint density at radius 2 is 2.04 bits per heavy atom. The van der Waals surface area contributed by atoms with E-state index in [4.69, 9.17) is 4.74 Å². The summed E-state index contributed by atoms with van der Waals surface area (Å²) in [6, 6.07) is 4.22. The number of rotatable bonds is 7. The van der Waals surface area contributed by atoms with Crippen LogP contribution in [0, 0.1) is 5.82 Å².